The highest BCUT2D eigenvalue weighted by Crippen LogP contribution is 2.33. The summed E-state index contributed by atoms with van der Waals surface area (Å²) in [6.45, 7) is 1.92. The van der Waals surface area contributed by atoms with E-state index in [-0.39, 0.29) is 5.75 Å². The van der Waals surface area contributed by atoms with Crippen LogP contribution in [0.2, 0.25) is 0 Å². The summed E-state index contributed by atoms with van der Waals surface area (Å²) in [7, 11) is 0. The first-order chi connectivity index (χ1) is 12.7. The third kappa shape index (κ3) is 2.23. The number of phenols is 1. The van der Waals surface area contributed by atoms with Gasteiger partial charge in [-0.3, -0.25) is 0 Å². The molecule has 5 aromatic rings. The second kappa shape index (κ2) is 5.57. The molecule has 0 amide bonds. The molecule has 7 nitrogen and oxygen atoms in total. The summed E-state index contributed by atoms with van der Waals surface area (Å²) in [5.74, 6) is 0.808. The average Bonchev–Trinajstić information content (AvgIpc) is 3.22. The third-order valence-electron chi connectivity index (χ3n) is 4.15. The van der Waals surface area contributed by atoms with Gasteiger partial charge in [0.15, 0.2) is 16.5 Å². The Bertz CT molecular complexity index is 1280. The third-order valence-corrected chi connectivity index (χ3v) is 5.08. The lowest BCUT2D eigenvalue weighted by Crippen LogP contribution is -1.96. The minimum absolute atomic E-state index is 0.189. The molecule has 8 heteroatoms. The van der Waals surface area contributed by atoms with Gasteiger partial charge in [-0.2, -0.15) is 9.61 Å². The number of aryl methyl sites for hydroxylation is 1. The highest BCUT2D eigenvalue weighted by molar-refractivity contribution is 7.19. The van der Waals surface area contributed by atoms with E-state index in [1.54, 1.807) is 22.8 Å². The molecule has 0 fully saturated rings. The van der Waals surface area contributed by atoms with Crippen LogP contribution in [0.1, 0.15) is 5.69 Å². The van der Waals surface area contributed by atoms with Crippen molar-refractivity contribution in [3.63, 3.8) is 0 Å². The lowest BCUT2D eigenvalue weighted by molar-refractivity contribution is 0.477. The fourth-order valence-corrected chi connectivity index (χ4v) is 3.74. The summed E-state index contributed by atoms with van der Waals surface area (Å²) in [4.78, 5) is 9.50. The van der Waals surface area contributed by atoms with E-state index >= 15 is 0 Å². The van der Waals surface area contributed by atoms with E-state index < -0.39 is 0 Å². The maximum atomic E-state index is 10.1. The van der Waals surface area contributed by atoms with Crippen molar-refractivity contribution < 1.29 is 5.11 Å². The first-order valence-electron chi connectivity index (χ1n) is 7.94. The van der Waals surface area contributed by atoms with Crippen LogP contribution in [0.15, 0.2) is 48.7 Å². The standard InChI is InChI=1S/C18H12N6OS/c1-10-13(9-11-5-4-8-19-15(11)20-10)16-21-22-18-24(16)23-17(26-18)12-6-2-3-7-14(12)25/h2-9,25H,1H3. The first-order valence-corrected chi connectivity index (χ1v) is 8.76. The van der Waals surface area contributed by atoms with E-state index in [1.165, 1.54) is 11.3 Å². The normalized spacial score (nSPS) is 11.4. The van der Waals surface area contributed by atoms with Gasteiger partial charge in [-0.05, 0) is 37.3 Å². The molecular weight excluding hydrogens is 348 g/mol. The minimum Gasteiger partial charge on any atom is -0.507 e. The fraction of sp³-hybridized carbons (Fsp3) is 0.0556. The van der Waals surface area contributed by atoms with Gasteiger partial charge in [0.1, 0.15) is 5.75 Å². The van der Waals surface area contributed by atoms with Crippen LogP contribution in [-0.4, -0.2) is 34.9 Å². The zero-order valence-corrected chi connectivity index (χ0v) is 14.5. The van der Waals surface area contributed by atoms with Crippen molar-refractivity contribution in [2.75, 3.05) is 0 Å². The van der Waals surface area contributed by atoms with Crippen LogP contribution in [0.4, 0.5) is 0 Å². The van der Waals surface area contributed by atoms with Crippen LogP contribution in [0.5, 0.6) is 5.75 Å². The van der Waals surface area contributed by atoms with E-state index in [1.807, 2.05) is 37.3 Å². The molecule has 4 aromatic heterocycles. The molecule has 26 heavy (non-hydrogen) atoms. The lowest BCUT2D eigenvalue weighted by atomic mass is 10.1. The van der Waals surface area contributed by atoms with Gasteiger partial charge < -0.3 is 5.11 Å². The Kier molecular flexibility index (Phi) is 3.19. The Hall–Kier alpha value is -3.39. The monoisotopic (exact) mass is 360 g/mol. The van der Waals surface area contributed by atoms with E-state index in [4.69, 9.17) is 0 Å². The van der Waals surface area contributed by atoms with Crippen molar-refractivity contribution in [1.82, 2.24) is 29.8 Å². The van der Waals surface area contributed by atoms with Gasteiger partial charge in [-0.15, -0.1) is 10.2 Å². The van der Waals surface area contributed by atoms with E-state index in [0.717, 1.165) is 16.6 Å². The smallest absolute Gasteiger partial charge is 0.235 e. The Morgan fingerprint density at radius 1 is 1.04 bits per heavy atom. The van der Waals surface area contributed by atoms with Crippen molar-refractivity contribution in [1.29, 1.82) is 0 Å². The summed E-state index contributed by atoms with van der Waals surface area (Å²) >= 11 is 1.38. The number of phenolic OH excluding ortho intramolecular Hbond substituents is 1. The van der Waals surface area contributed by atoms with Crippen molar-refractivity contribution in [2.45, 2.75) is 6.92 Å². The number of aromatic nitrogens is 6. The van der Waals surface area contributed by atoms with Crippen molar-refractivity contribution in [3.8, 4) is 27.7 Å². The molecule has 0 saturated heterocycles. The predicted molar refractivity (Wildman–Crippen MR) is 99.0 cm³/mol. The van der Waals surface area contributed by atoms with Crippen LogP contribution in [-0.2, 0) is 0 Å². The molecule has 0 spiro atoms. The Balaban J connectivity index is 1.71. The number of rotatable bonds is 2. The number of hydrogen-bond donors (Lipinski definition) is 1. The molecule has 126 valence electrons. The van der Waals surface area contributed by atoms with Crippen LogP contribution < -0.4 is 0 Å². The molecule has 0 saturated carbocycles. The number of fused-ring (bicyclic) bond motifs is 2. The maximum absolute atomic E-state index is 10.1. The topological polar surface area (TPSA) is 89.1 Å². The second-order valence-electron chi connectivity index (χ2n) is 5.81. The molecule has 4 heterocycles. The second-order valence-corrected chi connectivity index (χ2v) is 6.77. The minimum atomic E-state index is 0.189. The van der Waals surface area contributed by atoms with Crippen LogP contribution >= 0.6 is 11.3 Å². The molecule has 5 rings (SSSR count). The van der Waals surface area contributed by atoms with Crippen molar-refractivity contribution in [2.24, 2.45) is 0 Å². The lowest BCUT2D eigenvalue weighted by Gasteiger charge is -2.04. The van der Waals surface area contributed by atoms with Gasteiger partial charge >= 0.3 is 0 Å². The highest BCUT2D eigenvalue weighted by Gasteiger charge is 2.18. The molecule has 1 aromatic carbocycles. The average molecular weight is 360 g/mol. The number of pyridine rings is 2. The molecule has 0 aliphatic rings. The Morgan fingerprint density at radius 3 is 2.81 bits per heavy atom. The molecule has 0 aliphatic carbocycles. The van der Waals surface area contributed by atoms with Gasteiger partial charge in [0.25, 0.3) is 0 Å². The van der Waals surface area contributed by atoms with Crippen molar-refractivity contribution >= 4 is 27.3 Å². The fourth-order valence-electron chi connectivity index (χ4n) is 2.87. The number of aromatic hydroxyl groups is 1. The SMILES string of the molecule is Cc1nc2ncccc2cc1-c1nnc2sc(-c3ccccc3O)nn12. The van der Waals surface area contributed by atoms with Gasteiger partial charge in [-0.1, -0.05) is 23.5 Å². The maximum Gasteiger partial charge on any atom is 0.235 e. The highest BCUT2D eigenvalue weighted by atomic mass is 32.1. The summed E-state index contributed by atoms with van der Waals surface area (Å²) in [5.41, 5.74) is 3.03. The van der Waals surface area contributed by atoms with Crippen molar-refractivity contribution in [3.05, 3.63) is 54.4 Å². The molecule has 1 N–H and O–H groups in total. The van der Waals surface area contributed by atoms with Crippen LogP contribution in [0, 0.1) is 6.92 Å². The molecule has 0 radical (unpaired) electrons. The van der Waals surface area contributed by atoms with Crippen LogP contribution in [0.3, 0.4) is 0 Å². The van der Waals surface area contributed by atoms with Crippen LogP contribution in [0.25, 0.3) is 38.0 Å². The predicted octanol–water partition coefficient (Wildman–Crippen LogP) is 3.48. The number of benzene rings is 1. The number of para-hydroxylation sites is 1. The summed E-state index contributed by atoms with van der Waals surface area (Å²) in [6, 6.07) is 13.0. The number of hydrogen-bond acceptors (Lipinski definition) is 7. The number of nitrogens with zero attached hydrogens (tertiary/aromatic N) is 6. The zero-order chi connectivity index (χ0) is 17.7. The Labute approximate surface area is 151 Å². The van der Waals surface area contributed by atoms with E-state index in [9.17, 15) is 5.11 Å². The summed E-state index contributed by atoms with van der Waals surface area (Å²) in [6.07, 6.45) is 1.72. The zero-order valence-electron chi connectivity index (χ0n) is 13.7. The van der Waals surface area contributed by atoms with E-state index in [0.29, 0.717) is 27.0 Å². The summed E-state index contributed by atoms with van der Waals surface area (Å²) < 4.78 is 1.69. The van der Waals surface area contributed by atoms with Gasteiger partial charge in [0.2, 0.25) is 4.96 Å². The molecule has 0 bridgehead atoms. The quantitative estimate of drug-likeness (QED) is 0.518. The molecule has 0 unspecified atom stereocenters. The van der Waals surface area contributed by atoms with Gasteiger partial charge in [-0.25, -0.2) is 9.97 Å². The Morgan fingerprint density at radius 2 is 1.92 bits per heavy atom. The molecule has 0 aliphatic heterocycles. The summed E-state index contributed by atoms with van der Waals surface area (Å²) in [5, 5.41) is 24.8. The van der Waals surface area contributed by atoms with E-state index in [2.05, 4.69) is 25.3 Å². The van der Waals surface area contributed by atoms with Gasteiger partial charge in [0, 0.05) is 17.1 Å². The largest absolute Gasteiger partial charge is 0.507 e. The molecule has 0 atom stereocenters. The molecular formula is C18H12N6OS. The first kappa shape index (κ1) is 14.9. The van der Waals surface area contributed by atoms with Gasteiger partial charge in [0.05, 0.1) is 11.3 Å².